The van der Waals surface area contributed by atoms with Gasteiger partial charge >= 0.3 is 0 Å². The van der Waals surface area contributed by atoms with Gasteiger partial charge in [0.15, 0.2) is 0 Å². The molecule has 0 aliphatic carbocycles. The summed E-state index contributed by atoms with van der Waals surface area (Å²) in [6.45, 7) is 4.19. The minimum Gasteiger partial charge on any atom is -0.329 e. The lowest BCUT2D eigenvalue weighted by atomic mass is 10.1. The topological polar surface area (TPSA) is 43.1 Å². The maximum absolute atomic E-state index is 12.7. The van der Waals surface area contributed by atoms with Gasteiger partial charge in [-0.2, -0.15) is 0 Å². The highest BCUT2D eigenvalue weighted by Crippen LogP contribution is 2.23. The van der Waals surface area contributed by atoms with Crippen LogP contribution in [0.1, 0.15) is 20.3 Å². The van der Waals surface area contributed by atoms with Crippen LogP contribution in [-0.2, 0) is 10.8 Å². The van der Waals surface area contributed by atoms with Crippen LogP contribution in [0.2, 0.25) is 0 Å². The second-order valence-electron chi connectivity index (χ2n) is 3.73. The number of hydrogen-bond acceptors (Lipinski definition) is 2. The van der Waals surface area contributed by atoms with Crippen molar-refractivity contribution >= 4 is 10.8 Å². The number of nitrogens with two attached hydrogens (primary N) is 1. The van der Waals surface area contributed by atoms with E-state index in [1.807, 2.05) is 13.8 Å². The van der Waals surface area contributed by atoms with Crippen molar-refractivity contribution in [2.45, 2.75) is 29.9 Å². The molecule has 2 atom stereocenters. The van der Waals surface area contributed by atoms with E-state index < -0.39 is 15.5 Å². The van der Waals surface area contributed by atoms with Crippen molar-refractivity contribution in [3.8, 4) is 0 Å². The quantitative estimate of drug-likeness (QED) is 0.858. The average Bonchev–Trinajstić information content (AvgIpc) is 2.28. The Hall–Kier alpha value is -0.740. The fourth-order valence-electron chi connectivity index (χ4n) is 1.19. The van der Waals surface area contributed by atoms with Crippen molar-refractivity contribution in [1.29, 1.82) is 0 Å². The largest absolute Gasteiger partial charge is 0.329 e. The zero-order valence-corrected chi connectivity index (χ0v) is 9.81. The van der Waals surface area contributed by atoms with Crippen molar-refractivity contribution in [2.24, 2.45) is 5.73 Å². The molecule has 0 bridgehead atoms. The molecule has 0 aromatic heterocycles. The molecule has 0 saturated carbocycles. The predicted molar refractivity (Wildman–Crippen MR) is 60.6 cm³/mol. The molecule has 4 heteroatoms. The normalized spacial score (nSPS) is 17.1. The number of halogens is 1. The molecule has 0 aliphatic heterocycles. The Balaban J connectivity index is 2.98. The molecule has 84 valence electrons. The van der Waals surface area contributed by atoms with E-state index in [0.717, 1.165) is 6.42 Å². The van der Waals surface area contributed by atoms with Gasteiger partial charge in [-0.25, -0.2) is 4.39 Å². The number of hydrogen-bond donors (Lipinski definition) is 1. The molecule has 0 heterocycles. The van der Waals surface area contributed by atoms with Gasteiger partial charge in [-0.05, 0) is 37.6 Å². The Labute approximate surface area is 92.1 Å². The summed E-state index contributed by atoms with van der Waals surface area (Å²) < 4.78 is 24.4. The SMILES string of the molecule is CCC(C)(CN)S(=O)c1ccc(F)cc1. The van der Waals surface area contributed by atoms with Crippen molar-refractivity contribution in [1.82, 2.24) is 0 Å². The van der Waals surface area contributed by atoms with E-state index in [9.17, 15) is 8.60 Å². The molecule has 15 heavy (non-hydrogen) atoms. The zero-order valence-electron chi connectivity index (χ0n) is 9.00. The van der Waals surface area contributed by atoms with Crippen LogP contribution in [0, 0.1) is 5.82 Å². The molecule has 1 aromatic rings. The maximum atomic E-state index is 12.7. The Morgan fingerprint density at radius 1 is 1.40 bits per heavy atom. The highest BCUT2D eigenvalue weighted by molar-refractivity contribution is 7.86. The summed E-state index contributed by atoms with van der Waals surface area (Å²) in [6.07, 6.45) is 0.730. The van der Waals surface area contributed by atoms with E-state index in [-0.39, 0.29) is 5.82 Å². The first-order chi connectivity index (χ1) is 7.03. The molecule has 2 N–H and O–H groups in total. The second-order valence-corrected chi connectivity index (χ2v) is 5.72. The van der Waals surface area contributed by atoms with Crippen LogP contribution in [-0.4, -0.2) is 15.5 Å². The zero-order chi connectivity index (χ0) is 11.5. The van der Waals surface area contributed by atoms with Crippen molar-refractivity contribution in [2.75, 3.05) is 6.54 Å². The third-order valence-electron chi connectivity index (χ3n) is 2.65. The summed E-state index contributed by atoms with van der Waals surface area (Å²) in [4.78, 5) is 0.631. The molecule has 0 amide bonds. The highest BCUT2D eigenvalue weighted by Gasteiger charge is 2.29. The first kappa shape index (κ1) is 12.3. The van der Waals surface area contributed by atoms with Gasteiger partial charge in [0, 0.05) is 11.4 Å². The summed E-state index contributed by atoms with van der Waals surface area (Å²) in [5, 5.41) is 0. The third kappa shape index (κ3) is 2.63. The van der Waals surface area contributed by atoms with Crippen molar-refractivity contribution < 1.29 is 8.60 Å². The predicted octanol–water partition coefficient (Wildman–Crippen LogP) is 2.06. The van der Waals surface area contributed by atoms with E-state index in [4.69, 9.17) is 5.73 Å². The molecule has 1 rings (SSSR count). The van der Waals surface area contributed by atoms with Crippen LogP contribution < -0.4 is 5.73 Å². The fourth-order valence-corrected chi connectivity index (χ4v) is 2.56. The van der Waals surface area contributed by atoms with E-state index >= 15 is 0 Å². The monoisotopic (exact) mass is 229 g/mol. The fraction of sp³-hybridized carbons (Fsp3) is 0.455. The molecule has 0 radical (unpaired) electrons. The molecule has 0 spiro atoms. The van der Waals surface area contributed by atoms with Crippen LogP contribution in [0.25, 0.3) is 0 Å². The molecule has 0 aliphatic rings. The van der Waals surface area contributed by atoms with Crippen molar-refractivity contribution in [3.05, 3.63) is 30.1 Å². The number of rotatable bonds is 4. The molecule has 1 aromatic carbocycles. The van der Waals surface area contributed by atoms with E-state index in [0.29, 0.717) is 11.4 Å². The smallest absolute Gasteiger partial charge is 0.123 e. The second kappa shape index (κ2) is 4.86. The van der Waals surface area contributed by atoms with Gasteiger partial charge in [-0.15, -0.1) is 0 Å². The van der Waals surface area contributed by atoms with Crippen LogP contribution in [0.4, 0.5) is 4.39 Å². The molecular weight excluding hydrogens is 213 g/mol. The average molecular weight is 229 g/mol. The van der Waals surface area contributed by atoms with Crippen LogP contribution in [0.3, 0.4) is 0 Å². The molecule has 2 nitrogen and oxygen atoms in total. The Morgan fingerprint density at radius 3 is 2.33 bits per heavy atom. The minimum atomic E-state index is -1.19. The number of benzene rings is 1. The van der Waals surface area contributed by atoms with Gasteiger partial charge in [0.2, 0.25) is 0 Å². The first-order valence-electron chi connectivity index (χ1n) is 4.91. The van der Waals surface area contributed by atoms with E-state index in [1.54, 1.807) is 12.1 Å². The molecule has 0 fully saturated rings. The molecular formula is C11H16FNOS. The van der Waals surface area contributed by atoms with Gasteiger partial charge in [-0.3, -0.25) is 4.21 Å². The third-order valence-corrected chi connectivity index (χ3v) is 4.71. The summed E-state index contributed by atoms with van der Waals surface area (Å²) in [5.41, 5.74) is 5.62. The van der Waals surface area contributed by atoms with Gasteiger partial charge in [0.05, 0.1) is 15.5 Å². The molecule has 2 unspecified atom stereocenters. The Kier molecular flexibility index (Phi) is 3.99. The summed E-state index contributed by atoms with van der Waals surface area (Å²) in [5.74, 6) is -0.318. The summed E-state index contributed by atoms with van der Waals surface area (Å²) >= 11 is 0. The lowest BCUT2D eigenvalue weighted by Crippen LogP contribution is -2.38. The highest BCUT2D eigenvalue weighted by atomic mass is 32.2. The maximum Gasteiger partial charge on any atom is 0.123 e. The standard InChI is InChI=1S/C11H16FNOS/c1-3-11(2,8-13)15(14)10-6-4-9(12)5-7-10/h4-7H,3,8,13H2,1-2H3. The van der Waals surface area contributed by atoms with Gasteiger partial charge in [0.1, 0.15) is 5.82 Å². The summed E-state index contributed by atoms with van der Waals surface area (Å²) in [7, 11) is -1.19. The van der Waals surface area contributed by atoms with Crippen molar-refractivity contribution in [3.63, 3.8) is 0 Å². The lowest BCUT2D eigenvalue weighted by Gasteiger charge is -2.25. The summed E-state index contributed by atoms with van der Waals surface area (Å²) in [6, 6.07) is 5.74. The minimum absolute atomic E-state index is 0.318. The first-order valence-corrected chi connectivity index (χ1v) is 6.06. The van der Waals surface area contributed by atoms with Crippen LogP contribution >= 0.6 is 0 Å². The van der Waals surface area contributed by atoms with Gasteiger partial charge in [0.25, 0.3) is 0 Å². The van der Waals surface area contributed by atoms with Gasteiger partial charge in [-0.1, -0.05) is 6.92 Å². The Bertz CT molecular complexity index is 346. The van der Waals surface area contributed by atoms with E-state index in [2.05, 4.69) is 0 Å². The van der Waals surface area contributed by atoms with Gasteiger partial charge < -0.3 is 5.73 Å². The molecule has 0 saturated heterocycles. The van der Waals surface area contributed by atoms with E-state index in [1.165, 1.54) is 12.1 Å². The Morgan fingerprint density at radius 2 is 1.93 bits per heavy atom. The van der Waals surface area contributed by atoms with Crippen LogP contribution in [0.15, 0.2) is 29.2 Å². The van der Waals surface area contributed by atoms with Crippen LogP contribution in [0.5, 0.6) is 0 Å². The lowest BCUT2D eigenvalue weighted by molar-refractivity contribution is 0.582.